The number of pyridine rings is 1. The Labute approximate surface area is 157 Å². The van der Waals surface area contributed by atoms with Crippen molar-refractivity contribution in [1.82, 2.24) is 10.1 Å². The monoisotopic (exact) mass is 446 g/mol. The largest absolute Gasteiger partial charge is 0.573 e. The van der Waals surface area contributed by atoms with E-state index in [1.807, 2.05) is 0 Å². The van der Waals surface area contributed by atoms with Crippen LogP contribution in [0.3, 0.4) is 0 Å². The summed E-state index contributed by atoms with van der Waals surface area (Å²) in [6, 6.07) is 4.78. The van der Waals surface area contributed by atoms with Crippen molar-refractivity contribution in [3.05, 3.63) is 34.6 Å². The van der Waals surface area contributed by atoms with Crippen LogP contribution >= 0.6 is 15.9 Å². The van der Waals surface area contributed by atoms with Crippen molar-refractivity contribution in [2.45, 2.75) is 13.3 Å². The molecule has 0 amide bonds. The summed E-state index contributed by atoms with van der Waals surface area (Å²) in [5.41, 5.74) is 0.144. The van der Waals surface area contributed by atoms with E-state index >= 15 is 0 Å². The third kappa shape index (κ3) is 3.82. The minimum absolute atomic E-state index is 0.0596. The number of aromatic nitrogens is 2. The first-order valence-electron chi connectivity index (χ1n) is 7.42. The fraction of sp³-hybridized carbons (Fsp3) is 0.188. The molecule has 2 heterocycles. The molecule has 142 valence electrons. The van der Waals surface area contributed by atoms with Gasteiger partial charge in [-0.05, 0) is 47.1 Å². The van der Waals surface area contributed by atoms with Gasteiger partial charge >= 0.3 is 12.3 Å². The molecule has 0 aliphatic rings. The van der Waals surface area contributed by atoms with Crippen LogP contribution in [0.4, 0.5) is 13.2 Å². The van der Waals surface area contributed by atoms with Crippen molar-refractivity contribution in [2.75, 3.05) is 6.61 Å². The Kier molecular flexibility index (Phi) is 4.96. The van der Waals surface area contributed by atoms with Crippen LogP contribution in [0.25, 0.3) is 22.2 Å². The Morgan fingerprint density at radius 1 is 1.30 bits per heavy atom. The number of hydrogen-bond acceptors (Lipinski definition) is 7. The summed E-state index contributed by atoms with van der Waals surface area (Å²) in [7, 11) is 0. The van der Waals surface area contributed by atoms with Crippen LogP contribution < -0.4 is 4.74 Å². The molecule has 7 nitrogen and oxygen atoms in total. The normalized spacial score (nSPS) is 11.6. The lowest BCUT2D eigenvalue weighted by molar-refractivity contribution is -0.274. The molecule has 27 heavy (non-hydrogen) atoms. The number of aromatic hydroxyl groups is 1. The molecule has 3 rings (SSSR count). The van der Waals surface area contributed by atoms with Crippen molar-refractivity contribution in [3.63, 3.8) is 0 Å². The molecule has 2 aromatic heterocycles. The third-order valence-electron chi connectivity index (χ3n) is 3.38. The van der Waals surface area contributed by atoms with E-state index in [9.17, 15) is 23.1 Å². The van der Waals surface area contributed by atoms with Gasteiger partial charge in [-0.25, -0.2) is 9.78 Å². The van der Waals surface area contributed by atoms with Gasteiger partial charge in [0.25, 0.3) is 0 Å². The average Bonchev–Trinajstić information content (AvgIpc) is 3.03. The molecule has 1 aromatic carbocycles. The predicted molar refractivity (Wildman–Crippen MR) is 89.2 cm³/mol. The number of ether oxygens (including phenoxy) is 2. The highest BCUT2D eigenvalue weighted by atomic mass is 79.9. The lowest BCUT2D eigenvalue weighted by Gasteiger charge is -2.09. The lowest BCUT2D eigenvalue weighted by atomic mass is 10.1. The van der Waals surface area contributed by atoms with Crippen molar-refractivity contribution >= 4 is 32.9 Å². The minimum Gasteiger partial charge on any atom is -0.505 e. The SMILES string of the molecule is CCOC(=O)c1nc(Br)c2onc(-c3ccc(OC(F)(F)F)cc3)c2c1O. The van der Waals surface area contributed by atoms with Crippen molar-refractivity contribution in [1.29, 1.82) is 0 Å². The minimum atomic E-state index is -4.81. The van der Waals surface area contributed by atoms with Gasteiger partial charge in [0.1, 0.15) is 11.4 Å². The van der Waals surface area contributed by atoms with Gasteiger partial charge in [0, 0.05) is 5.56 Å². The molecule has 0 atom stereocenters. The topological polar surface area (TPSA) is 94.7 Å². The van der Waals surface area contributed by atoms with Gasteiger partial charge in [-0.3, -0.25) is 0 Å². The van der Waals surface area contributed by atoms with Gasteiger partial charge in [-0.1, -0.05) is 5.16 Å². The molecule has 0 bridgehead atoms. The zero-order valence-corrected chi connectivity index (χ0v) is 15.1. The summed E-state index contributed by atoms with van der Waals surface area (Å²) in [5.74, 6) is -1.78. The van der Waals surface area contributed by atoms with Gasteiger partial charge in [-0.15, -0.1) is 13.2 Å². The number of nitrogens with zero attached hydrogens (tertiary/aromatic N) is 2. The molecule has 0 unspecified atom stereocenters. The number of halogens is 4. The Hall–Kier alpha value is -2.82. The number of carbonyl (C=O) groups is 1. The first kappa shape index (κ1) is 19.0. The Balaban J connectivity index is 2.09. The number of rotatable bonds is 4. The molecule has 0 fully saturated rings. The number of benzene rings is 1. The molecule has 11 heteroatoms. The summed E-state index contributed by atoms with van der Waals surface area (Å²) in [6.45, 7) is 1.67. The van der Waals surface area contributed by atoms with E-state index in [-0.39, 0.29) is 33.6 Å². The lowest BCUT2D eigenvalue weighted by Crippen LogP contribution is -2.16. The summed E-state index contributed by atoms with van der Waals surface area (Å²) in [5, 5.41) is 14.3. The second kappa shape index (κ2) is 7.06. The smallest absolute Gasteiger partial charge is 0.505 e. The fourth-order valence-corrected chi connectivity index (χ4v) is 2.77. The zero-order chi connectivity index (χ0) is 19.8. The standard InChI is InChI=1S/C16H10BrF3N2O5/c1-2-25-15(24)11-12(23)9-10(22-27-13(9)14(17)21-11)7-3-5-8(6-4-7)26-16(18,19)20/h3-6,23H,2H2,1H3. The maximum absolute atomic E-state index is 12.3. The van der Waals surface area contributed by atoms with E-state index < -0.39 is 23.8 Å². The number of fused-ring (bicyclic) bond motifs is 1. The summed E-state index contributed by atoms with van der Waals surface area (Å²) in [4.78, 5) is 15.9. The molecular weight excluding hydrogens is 437 g/mol. The first-order chi connectivity index (χ1) is 12.7. The van der Waals surface area contributed by atoms with E-state index in [1.165, 1.54) is 12.1 Å². The van der Waals surface area contributed by atoms with Gasteiger partial charge in [0.15, 0.2) is 16.0 Å². The van der Waals surface area contributed by atoms with Gasteiger partial charge in [-0.2, -0.15) is 0 Å². The molecular formula is C16H10BrF3N2O5. The maximum Gasteiger partial charge on any atom is 0.573 e. The third-order valence-corrected chi connectivity index (χ3v) is 3.92. The number of carbonyl (C=O) groups excluding carboxylic acids is 1. The van der Waals surface area contributed by atoms with E-state index in [0.29, 0.717) is 5.56 Å². The van der Waals surface area contributed by atoms with Crippen LogP contribution in [0, 0.1) is 0 Å². The van der Waals surface area contributed by atoms with Crippen LogP contribution in [0.2, 0.25) is 0 Å². The van der Waals surface area contributed by atoms with E-state index in [0.717, 1.165) is 12.1 Å². The van der Waals surface area contributed by atoms with Crippen LogP contribution in [0.15, 0.2) is 33.4 Å². The van der Waals surface area contributed by atoms with Crippen molar-refractivity contribution in [3.8, 4) is 22.8 Å². The molecule has 0 radical (unpaired) electrons. The molecule has 0 aliphatic heterocycles. The predicted octanol–water partition coefficient (Wildman–Crippen LogP) is 4.43. The van der Waals surface area contributed by atoms with Crippen LogP contribution in [-0.2, 0) is 4.74 Å². The summed E-state index contributed by atoms with van der Waals surface area (Å²) < 4.78 is 50.7. The van der Waals surface area contributed by atoms with E-state index in [4.69, 9.17) is 9.26 Å². The van der Waals surface area contributed by atoms with Gasteiger partial charge in [0.05, 0.1) is 12.0 Å². The zero-order valence-electron chi connectivity index (χ0n) is 13.5. The van der Waals surface area contributed by atoms with E-state index in [2.05, 4.69) is 30.8 Å². The molecule has 0 aliphatic carbocycles. The number of hydrogen-bond donors (Lipinski definition) is 1. The van der Waals surface area contributed by atoms with E-state index in [1.54, 1.807) is 6.92 Å². The molecule has 0 spiro atoms. The Morgan fingerprint density at radius 3 is 2.56 bits per heavy atom. The first-order valence-corrected chi connectivity index (χ1v) is 8.21. The highest BCUT2D eigenvalue weighted by Gasteiger charge is 2.31. The molecule has 0 saturated heterocycles. The molecule has 1 N–H and O–H groups in total. The van der Waals surface area contributed by atoms with Crippen LogP contribution in [0.5, 0.6) is 11.5 Å². The molecule has 3 aromatic rings. The van der Waals surface area contributed by atoms with Crippen molar-refractivity contribution in [2.24, 2.45) is 0 Å². The van der Waals surface area contributed by atoms with Crippen molar-refractivity contribution < 1.29 is 37.1 Å². The number of esters is 1. The summed E-state index contributed by atoms with van der Waals surface area (Å²) in [6.07, 6.45) is -4.81. The summed E-state index contributed by atoms with van der Waals surface area (Å²) >= 11 is 3.12. The Bertz CT molecular complexity index is 1000. The number of alkyl halides is 3. The van der Waals surface area contributed by atoms with Gasteiger partial charge < -0.3 is 19.1 Å². The molecule has 0 saturated carbocycles. The quantitative estimate of drug-likeness (QED) is 0.467. The van der Waals surface area contributed by atoms with Crippen LogP contribution in [-0.4, -0.2) is 34.2 Å². The second-order valence-corrected chi connectivity index (χ2v) is 5.88. The van der Waals surface area contributed by atoms with Crippen LogP contribution in [0.1, 0.15) is 17.4 Å². The second-order valence-electron chi connectivity index (χ2n) is 5.13. The maximum atomic E-state index is 12.3. The average molecular weight is 447 g/mol. The van der Waals surface area contributed by atoms with Gasteiger partial charge in [0.2, 0.25) is 5.58 Å². The highest BCUT2D eigenvalue weighted by Crippen LogP contribution is 2.39. The Morgan fingerprint density at radius 2 is 1.96 bits per heavy atom. The fourth-order valence-electron chi connectivity index (χ4n) is 2.32. The highest BCUT2D eigenvalue weighted by molar-refractivity contribution is 9.10.